The number of fused-ring (bicyclic) bond motifs is 1. The number of carbonyl (C=O) groups is 1. The zero-order valence-electron chi connectivity index (χ0n) is 8.71. The molecule has 2 unspecified atom stereocenters. The minimum Gasteiger partial charge on any atom is -0.508 e. The molecule has 4 nitrogen and oxygen atoms in total. The van der Waals surface area contributed by atoms with Crippen molar-refractivity contribution >= 4 is 11.7 Å². The molecule has 2 aliphatic rings. The fourth-order valence-corrected chi connectivity index (χ4v) is 2.79. The van der Waals surface area contributed by atoms with E-state index in [2.05, 4.69) is 4.90 Å². The second-order valence-electron chi connectivity index (χ2n) is 4.62. The number of piperidine rings is 1. The standard InChI is InChI=1S/C12H13NO3/c14-8-3-1-2-7(4-8)13-5-9-10(6-13)11(9)12(15)16/h1-4,9-11,14H,5-6H2,(H,15,16). The molecule has 1 heterocycles. The second-order valence-corrected chi connectivity index (χ2v) is 4.62. The number of hydrogen-bond acceptors (Lipinski definition) is 3. The Bertz CT molecular complexity index is 434. The number of benzene rings is 1. The fraction of sp³-hybridized carbons (Fsp3) is 0.417. The highest BCUT2D eigenvalue weighted by atomic mass is 16.4. The van der Waals surface area contributed by atoms with Crippen molar-refractivity contribution in [3.05, 3.63) is 24.3 Å². The maximum Gasteiger partial charge on any atom is 0.307 e. The lowest BCUT2D eigenvalue weighted by atomic mass is 10.2. The first-order chi connectivity index (χ1) is 7.66. The van der Waals surface area contributed by atoms with Crippen LogP contribution in [0.4, 0.5) is 5.69 Å². The Hall–Kier alpha value is -1.71. The Morgan fingerprint density at radius 1 is 1.31 bits per heavy atom. The average Bonchev–Trinajstić information content (AvgIpc) is 2.75. The van der Waals surface area contributed by atoms with Gasteiger partial charge in [-0.2, -0.15) is 0 Å². The van der Waals surface area contributed by atoms with Gasteiger partial charge in [0.2, 0.25) is 0 Å². The Balaban J connectivity index is 1.72. The first kappa shape index (κ1) is 9.51. The van der Waals surface area contributed by atoms with Crippen LogP contribution in [0.3, 0.4) is 0 Å². The van der Waals surface area contributed by atoms with Crippen molar-refractivity contribution in [1.29, 1.82) is 0 Å². The molecule has 84 valence electrons. The Morgan fingerprint density at radius 3 is 2.56 bits per heavy atom. The molecular formula is C12H13NO3. The molecule has 2 N–H and O–H groups in total. The number of hydrogen-bond donors (Lipinski definition) is 2. The van der Waals surface area contributed by atoms with Gasteiger partial charge in [-0.05, 0) is 24.0 Å². The predicted octanol–water partition coefficient (Wildman–Crippen LogP) is 1.16. The van der Waals surface area contributed by atoms with Gasteiger partial charge in [0.15, 0.2) is 0 Å². The molecule has 0 aromatic heterocycles. The normalized spacial score (nSPS) is 31.2. The maximum atomic E-state index is 10.8. The molecule has 1 aromatic carbocycles. The van der Waals surface area contributed by atoms with Crippen molar-refractivity contribution in [2.24, 2.45) is 17.8 Å². The van der Waals surface area contributed by atoms with Crippen LogP contribution in [0.15, 0.2) is 24.3 Å². The number of nitrogens with zero attached hydrogens (tertiary/aromatic N) is 1. The molecule has 1 saturated carbocycles. The molecule has 3 rings (SSSR count). The van der Waals surface area contributed by atoms with E-state index in [1.165, 1.54) is 0 Å². The van der Waals surface area contributed by atoms with Crippen LogP contribution in [-0.2, 0) is 4.79 Å². The zero-order chi connectivity index (χ0) is 11.3. The Kier molecular flexibility index (Phi) is 1.87. The third-order valence-corrected chi connectivity index (χ3v) is 3.67. The molecule has 2 fully saturated rings. The van der Waals surface area contributed by atoms with Gasteiger partial charge >= 0.3 is 5.97 Å². The van der Waals surface area contributed by atoms with Crippen molar-refractivity contribution in [3.63, 3.8) is 0 Å². The smallest absolute Gasteiger partial charge is 0.307 e. The summed E-state index contributed by atoms with van der Waals surface area (Å²) >= 11 is 0. The van der Waals surface area contributed by atoms with Gasteiger partial charge in [-0.1, -0.05) is 6.07 Å². The van der Waals surface area contributed by atoms with Crippen molar-refractivity contribution in [1.82, 2.24) is 0 Å². The molecule has 1 aliphatic carbocycles. The fourth-order valence-electron chi connectivity index (χ4n) is 2.79. The molecular weight excluding hydrogens is 206 g/mol. The first-order valence-electron chi connectivity index (χ1n) is 5.43. The van der Waals surface area contributed by atoms with Gasteiger partial charge in [0, 0.05) is 24.8 Å². The summed E-state index contributed by atoms with van der Waals surface area (Å²) in [5.74, 6) is 0.0756. The van der Waals surface area contributed by atoms with E-state index in [1.54, 1.807) is 12.1 Å². The van der Waals surface area contributed by atoms with Crippen LogP contribution >= 0.6 is 0 Å². The molecule has 1 aromatic rings. The summed E-state index contributed by atoms with van der Waals surface area (Å²) in [6.45, 7) is 1.59. The summed E-state index contributed by atoms with van der Waals surface area (Å²) in [6.07, 6.45) is 0. The van der Waals surface area contributed by atoms with Gasteiger partial charge in [0.1, 0.15) is 5.75 Å². The van der Waals surface area contributed by atoms with E-state index in [9.17, 15) is 9.90 Å². The van der Waals surface area contributed by atoms with E-state index >= 15 is 0 Å². The molecule has 2 atom stereocenters. The van der Waals surface area contributed by atoms with Crippen LogP contribution < -0.4 is 4.90 Å². The van der Waals surface area contributed by atoms with Crippen LogP contribution in [0.5, 0.6) is 5.75 Å². The highest BCUT2D eigenvalue weighted by molar-refractivity contribution is 5.75. The quantitative estimate of drug-likeness (QED) is 0.783. The summed E-state index contributed by atoms with van der Waals surface area (Å²) in [5, 5.41) is 18.3. The minimum absolute atomic E-state index is 0.131. The van der Waals surface area contributed by atoms with Gasteiger partial charge in [0.25, 0.3) is 0 Å². The number of phenols is 1. The van der Waals surface area contributed by atoms with E-state index < -0.39 is 5.97 Å². The molecule has 4 heteroatoms. The third kappa shape index (κ3) is 1.33. The van der Waals surface area contributed by atoms with Crippen molar-refractivity contribution in [2.45, 2.75) is 0 Å². The number of aliphatic carboxylic acids is 1. The van der Waals surface area contributed by atoms with Gasteiger partial charge in [-0.15, -0.1) is 0 Å². The number of carboxylic acid groups (broad SMARTS) is 1. The minimum atomic E-state index is -0.662. The molecule has 0 spiro atoms. The van der Waals surface area contributed by atoms with Crippen LogP contribution in [0.1, 0.15) is 0 Å². The van der Waals surface area contributed by atoms with E-state index in [1.807, 2.05) is 12.1 Å². The number of carboxylic acids is 1. The SMILES string of the molecule is O=C(O)C1C2CN(c3cccc(O)c3)CC21. The number of rotatable bonds is 2. The zero-order valence-corrected chi connectivity index (χ0v) is 8.71. The van der Waals surface area contributed by atoms with Crippen LogP contribution in [0.25, 0.3) is 0 Å². The lowest BCUT2D eigenvalue weighted by Crippen LogP contribution is -2.25. The van der Waals surface area contributed by atoms with Gasteiger partial charge in [0.05, 0.1) is 5.92 Å². The summed E-state index contributed by atoms with van der Waals surface area (Å²) in [4.78, 5) is 13.0. The number of anilines is 1. The largest absolute Gasteiger partial charge is 0.508 e. The third-order valence-electron chi connectivity index (χ3n) is 3.67. The molecule has 0 amide bonds. The summed E-state index contributed by atoms with van der Waals surface area (Å²) < 4.78 is 0. The summed E-state index contributed by atoms with van der Waals surface area (Å²) in [5.41, 5.74) is 0.983. The molecule has 1 saturated heterocycles. The van der Waals surface area contributed by atoms with Gasteiger partial charge in [-0.25, -0.2) is 0 Å². The number of phenolic OH excluding ortho intramolecular Hbond substituents is 1. The highest BCUT2D eigenvalue weighted by Crippen LogP contribution is 2.52. The lowest BCUT2D eigenvalue weighted by Gasteiger charge is -2.21. The Labute approximate surface area is 93.1 Å². The van der Waals surface area contributed by atoms with Crippen molar-refractivity contribution in [2.75, 3.05) is 18.0 Å². The predicted molar refractivity (Wildman–Crippen MR) is 58.4 cm³/mol. The number of aromatic hydroxyl groups is 1. The monoisotopic (exact) mass is 219 g/mol. The topological polar surface area (TPSA) is 60.8 Å². The van der Waals surface area contributed by atoms with Crippen molar-refractivity contribution in [3.8, 4) is 5.75 Å². The van der Waals surface area contributed by atoms with E-state index in [0.717, 1.165) is 18.8 Å². The van der Waals surface area contributed by atoms with E-state index in [0.29, 0.717) is 11.8 Å². The van der Waals surface area contributed by atoms with Crippen LogP contribution in [0, 0.1) is 17.8 Å². The maximum absolute atomic E-state index is 10.8. The molecule has 16 heavy (non-hydrogen) atoms. The molecule has 0 bridgehead atoms. The van der Waals surface area contributed by atoms with Crippen molar-refractivity contribution < 1.29 is 15.0 Å². The first-order valence-corrected chi connectivity index (χ1v) is 5.43. The average molecular weight is 219 g/mol. The van der Waals surface area contributed by atoms with Gasteiger partial charge in [-0.3, -0.25) is 4.79 Å². The molecule has 1 aliphatic heterocycles. The van der Waals surface area contributed by atoms with Crippen LogP contribution in [0.2, 0.25) is 0 Å². The highest BCUT2D eigenvalue weighted by Gasteiger charge is 2.59. The summed E-state index contributed by atoms with van der Waals surface area (Å²) in [7, 11) is 0. The summed E-state index contributed by atoms with van der Waals surface area (Å²) in [6, 6.07) is 7.12. The van der Waals surface area contributed by atoms with Gasteiger partial charge < -0.3 is 15.1 Å². The molecule has 0 radical (unpaired) electrons. The van der Waals surface area contributed by atoms with E-state index in [-0.39, 0.29) is 11.7 Å². The van der Waals surface area contributed by atoms with E-state index in [4.69, 9.17) is 5.11 Å². The van der Waals surface area contributed by atoms with Crippen LogP contribution in [-0.4, -0.2) is 29.3 Å². The second kappa shape index (κ2) is 3.14. The Morgan fingerprint density at radius 2 is 2.00 bits per heavy atom. The lowest BCUT2D eigenvalue weighted by molar-refractivity contribution is -0.139.